The van der Waals surface area contributed by atoms with Crippen molar-refractivity contribution in [2.24, 2.45) is 0 Å². The van der Waals surface area contributed by atoms with Gasteiger partial charge in [-0.05, 0) is 38.3 Å². The third-order valence-electron chi connectivity index (χ3n) is 8.18. The van der Waals surface area contributed by atoms with Crippen molar-refractivity contribution in [3.8, 4) is 23.2 Å². The minimum Gasteiger partial charge on any atom is -0.474 e. The Morgan fingerprint density at radius 3 is 2.76 bits per heavy atom. The molecule has 0 radical (unpaired) electrons. The molecule has 2 N–H and O–H groups in total. The smallest absolute Gasteiger partial charge is 0.451 e. The average Bonchev–Trinajstić information content (AvgIpc) is 3.64. The van der Waals surface area contributed by atoms with Crippen molar-refractivity contribution < 1.29 is 17.9 Å². The normalized spacial score (nSPS) is 21.7. The van der Waals surface area contributed by atoms with Crippen LogP contribution >= 0.6 is 0 Å². The van der Waals surface area contributed by atoms with Crippen LogP contribution in [0.2, 0.25) is 0 Å². The minimum atomic E-state index is -4.65. The maximum atomic E-state index is 13.4. The van der Waals surface area contributed by atoms with E-state index in [9.17, 15) is 18.4 Å². The lowest BCUT2D eigenvalue weighted by Crippen LogP contribution is -2.58. The van der Waals surface area contributed by atoms with Crippen LogP contribution in [0.3, 0.4) is 0 Å². The Bertz CT molecular complexity index is 1580. The van der Waals surface area contributed by atoms with Gasteiger partial charge in [-0.3, -0.25) is 9.58 Å². The number of likely N-dealkylation sites (tertiary alicyclic amines) is 1. The summed E-state index contributed by atoms with van der Waals surface area (Å²) in [5, 5.41) is 18.2. The summed E-state index contributed by atoms with van der Waals surface area (Å²) in [6.45, 7) is 4.18. The van der Waals surface area contributed by atoms with E-state index in [0.29, 0.717) is 25.8 Å². The number of rotatable bonds is 9. The number of nitrogens with zero attached hydrogens (tertiary/aromatic N) is 8. The van der Waals surface area contributed by atoms with E-state index in [0.717, 1.165) is 48.2 Å². The summed E-state index contributed by atoms with van der Waals surface area (Å²) in [6, 6.07) is 6.04. The molecule has 2 fully saturated rings. The van der Waals surface area contributed by atoms with Crippen LogP contribution in [-0.2, 0) is 18.3 Å². The molecule has 4 aromatic rings. The second-order valence-electron chi connectivity index (χ2n) is 10.9. The molecule has 5 heterocycles. The van der Waals surface area contributed by atoms with E-state index >= 15 is 0 Å². The van der Waals surface area contributed by atoms with Crippen molar-refractivity contribution in [2.75, 3.05) is 19.6 Å². The standard InChI is InChI=1S/C28H31F3N10O/c1-2-33-15-19-11-23(39-26(38-19)28(29,30)31)42-21-4-9-40(10-5-21)20-12-27(13-20,6-7-32)41-16-18(14-37-41)24-22-3-8-34-25(22)36-17-35-24/h3,8,11,14,16-17,20-21,33H,2,4-6,9-10,12-13,15H2,1H3,(H,34,35,36). The van der Waals surface area contributed by atoms with Gasteiger partial charge in [-0.25, -0.2) is 15.0 Å². The Kier molecular flexibility index (Phi) is 7.54. The number of aromatic amines is 1. The lowest BCUT2D eigenvalue weighted by atomic mass is 9.69. The Morgan fingerprint density at radius 1 is 1.21 bits per heavy atom. The van der Waals surface area contributed by atoms with E-state index < -0.39 is 17.5 Å². The van der Waals surface area contributed by atoms with E-state index in [1.807, 2.05) is 30.1 Å². The molecule has 0 atom stereocenters. The van der Waals surface area contributed by atoms with Crippen LogP contribution in [0.4, 0.5) is 13.2 Å². The van der Waals surface area contributed by atoms with Gasteiger partial charge in [-0.2, -0.15) is 28.5 Å². The number of nitriles is 1. The molecule has 1 aliphatic carbocycles. The molecule has 1 aliphatic heterocycles. The van der Waals surface area contributed by atoms with Gasteiger partial charge in [0, 0.05) is 55.1 Å². The number of alkyl halides is 3. The number of nitrogens with one attached hydrogen (secondary N) is 2. The van der Waals surface area contributed by atoms with Crippen molar-refractivity contribution in [1.29, 1.82) is 5.26 Å². The topological polar surface area (TPSA) is 133 Å². The summed E-state index contributed by atoms with van der Waals surface area (Å²) < 4.78 is 48.0. The molecule has 0 bridgehead atoms. The largest absolute Gasteiger partial charge is 0.474 e. The van der Waals surface area contributed by atoms with E-state index in [1.54, 1.807) is 6.20 Å². The van der Waals surface area contributed by atoms with Crippen LogP contribution in [0.5, 0.6) is 5.88 Å². The summed E-state index contributed by atoms with van der Waals surface area (Å²) >= 11 is 0. The van der Waals surface area contributed by atoms with Gasteiger partial charge in [0.25, 0.3) is 0 Å². The van der Waals surface area contributed by atoms with E-state index in [2.05, 4.69) is 46.3 Å². The van der Waals surface area contributed by atoms with Gasteiger partial charge in [-0.1, -0.05) is 6.92 Å². The predicted molar refractivity (Wildman–Crippen MR) is 146 cm³/mol. The molecule has 4 aromatic heterocycles. The van der Waals surface area contributed by atoms with Gasteiger partial charge in [0.05, 0.1) is 35.6 Å². The van der Waals surface area contributed by atoms with Crippen LogP contribution in [-0.4, -0.2) is 71.4 Å². The van der Waals surface area contributed by atoms with Crippen LogP contribution in [0.25, 0.3) is 22.3 Å². The second-order valence-corrected chi connectivity index (χ2v) is 10.9. The van der Waals surface area contributed by atoms with Crippen molar-refractivity contribution in [3.05, 3.63) is 48.6 Å². The molecule has 6 rings (SSSR count). The summed E-state index contributed by atoms with van der Waals surface area (Å²) in [7, 11) is 0. The molecule has 2 aliphatic rings. The molecule has 42 heavy (non-hydrogen) atoms. The lowest BCUT2D eigenvalue weighted by Gasteiger charge is -2.52. The quantitative estimate of drug-likeness (QED) is 0.301. The number of halogens is 3. The SMILES string of the molecule is CCNCc1cc(OC2CCN(C3CC(CC#N)(n4cc(-c5ncnc6[nH]ccc56)cn4)C3)CC2)nc(C(F)(F)F)n1. The fraction of sp³-hybridized carbons (Fsp3) is 0.500. The first-order valence-corrected chi connectivity index (χ1v) is 14.0. The molecule has 11 nitrogen and oxygen atoms in total. The number of hydrogen-bond donors (Lipinski definition) is 2. The molecular formula is C28H31F3N10O. The molecule has 0 unspecified atom stereocenters. The van der Waals surface area contributed by atoms with Crippen LogP contribution in [0.1, 0.15) is 50.5 Å². The van der Waals surface area contributed by atoms with Crippen molar-refractivity contribution in [1.82, 2.24) is 44.9 Å². The average molecular weight is 581 g/mol. The zero-order valence-corrected chi connectivity index (χ0v) is 23.1. The first-order chi connectivity index (χ1) is 20.3. The monoisotopic (exact) mass is 580 g/mol. The van der Waals surface area contributed by atoms with Crippen molar-refractivity contribution in [3.63, 3.8) is 0 Å². The Hall–Kier alpha value is -4.09. The molecule has 1 saturated carbocycles. The first-order valence-electron chi connectivity index (χ1n) is 14.0. The van der Waals surface area contributed by atoms with Crippen LogP contribution in [0.15, 0.2) is 37.1 Å². The molecule has 0 aromatic carbocycles. The van der Waals surface area contributed by atoms with Crippen molar-refractivity contribution in [2.45, 2.75) is 69.4 Å². The highest BCUT2D eigenvalue weighted by atomic mass is 19.4. The molecule has 1 saturated heterocycles. The van der Waals surface area contributed by atoms with Crippen molar-refractivity contribution >= 4 is 11.0 Å². The van der Waals surface area contributed by atoms with Gasteiger partial charge in [0.2, 0.25) is 11.7 Å². The lowest BCUT2D eigenvalue weighted by molar-refractivity contribution is -0.145. The highest BCUT2D eigenvalue weighted by molar-refractivity contribution is 5.90. The van der Waals surface area contributed by atoms with Crippen LogP contribution < -0.4 is 10.1 Å². The molecular weight excluding hydrogens is 549 g/mol. The highest BCUT2D eigenvalue weighted by Gasteiger charge is 2.49. The second kappa shape index (κ2) is 11.3. The fourth-order valence-electron chi connectivity index (χ4n) is 5.97. The van der Waals surface area contributed by atoms with E-state index in [4.69, 9.17) is 4.74 Å². The Labute approximate surface area is 240 Å². The number of piperidine rings is 1. The minimum absolute atomic E-state index is 0.0459. The predicted octanol–water partition coefficient (Wildman–Crippen LogP) is 4.05. The van der Waals surface area contributed by atoms with Gasteiger partial charge in [0.15, 0.2) is 0 Å². The zero-order valence-electron chi connectivity index (χ0n) is 23.1. The molecule has 14 heteroatoms. The van der Waals surface area contributed by atoms with Gasteiger partial charge < -0.3 is 15.0 Å². The number of H-pyrrole nitrogens is 1. The van der Waals surface area contributed by atoms with E-state index in [1.165, 1.54) is 12.4 Å². The third kappa shape index (κ3) is 5.54. The number of hydrogen-bond acceptors (Lipinski definition) is 9. The first kappa shape index (κ1) is 28.0. The summed E-state index contributed by atoms with van der Waals surface area (Å²) in [4.78, 5) is 21.5. The van der Waals surface area contributed by atoms with E-state index in [-0.39, 0.29) is 30.3 Å². The third-order valence-corrected chi connectivity index (χ3v) is 8.18. The summed E-state index contributed by atoms with van der Waals surface area (Å²) in [5.74, 6) is -1.23. The number of ether oxygens (including phenoxy) is 1. The maximum absolute atomic E-state index is 13.4. The van der Waals surface area contributed by atoms with Gasteiger partial charge in [-0.15, -0.1) is 0 Å². The van der Waals surface area contributed by atoms with Crippen LogP contribution in [0, 0.1) is 11.3 Å². The Balaban J connectivity index is 1.09. The molecule has 0 spiro atoms. The summed E-state index contributed by atoms with van der Waals surface area (Å²) in [6.07, 6.45) is 5.45. The molecule has 0 amide bonds. The summed E-state index contributed by atoms with van der Waals surface area (Å²) in [5.41, 5.74) is 2.26. The molecule has 220 valence electrons. The Morgan fingerprint density at radius 2 is 2.02 bits per heavy atom. The number of fused-ring (bicyclic) bond motifs is 1. The van der Waals surface area contributed by atoms with Gasteiger partial charge in [0.1, 0.15) is 18.1 Å². The number of aromatic nitrogens is 7. The fourth-order valence-corrected chi connectivity index (χ4v) is 5.97. The van der Waals surface area contributed by atoms with Gasteiger partial charge >= 0.3 is 6.18 Å². The highest BCUT2D eigenvalue weighted by Crippen LogP contribution is 2.45. The zero-order chi connectivity index (χ0) is 29.3. The maximum Gasteiger partial charge on any atom is 0.451 e.